The van der Waals surface area contributed by atoms with Gasteiger partial charge in [-0.2, -0.15) is 5.10 Å². The molecule has 0 unspecified atom stereocenters. The van der Waals surface area contributed by atoms with Crippen molar-refractivity contribution in [3.63, 3.8) is 0 Å². The molecule has 0 atom stereocenters. The molecule has 1 heterocycles. The normalized spacial score (nSPS) is 11.9. The van der Waals surface area contributed by atoms with Gasteiger partial charge in [-0.25, -0.2) is 4.98 Å². The minimum absolute atomic E-state index is 0.201. The van der Waals surface area contributed by atoms with Crippen LogP contribution in [0.1, 0.15) is 26.6 Å². The second-order valence-corrected chi connectivity index (χ2v) is 4.61. The Balaban J connectivity index is 1.94. The number of nitrogens with one attached hydrogen (secondary N) is 3. The first-order valence-electron chi connectivity index (χ1n) is 5.38. The third-order valence-electron chi connectivity index (χ3n) is 1.96. The number of nitrogens with zero attached hydrogens (tertiary/aromatic N) is 2. The fraction of sp³-hybridized carbons (Fsp3) is 0.800. The Kier molecular flexibility index (Phi) is 4.71. The van der Waals surface area contributed by atoms with E-state index in [1.165, 1.54) is 6.33 Å². The van der Waals surface area contributed by atoms with Gasteiger partial charge in [0.15, 0.2) is 0 Å². The van der Waals surface area contributed by atoms with Gasteiger partial charge in [0.25, 0.3) is 0 Å². The van der Waals surface area contributed by atoms with Gasteiger partial charge in [-0.1, -0.05) is 0 Å². The summed E-state index contributed by atoms with van der Waals surface area (Å²) < 4.78 is 0. The third kappa shape index (κ3) is 6.19. The summed E-state index contributed by atoms with van der Waals surface area (Å²) in [6.07, 6.45) is 2.44. The van der Waals surface area contributed by atoms with E-state index in [-0.39, 0.29) is 5.54 Å². The van der Waals surface area contributed by atoms with Crippen molar-refractivity contribution in [2.75, 3.05) is 19.6 Å². The summed E-state index contributed by atoms with van der Waals surface area (Å²) in [5, 5.41) is 13.4. The Bertz CT molecular complexity index is 249. The molecule has 5 heteroatoms. The number of H-pyrrole nitrogens is 1. The first-order chi connectivity index (χ1) is 7.08. The van der Waals surface area contributed by atoms with Crippen molar-refractivity contribution in [3.05, 3.63) is 12.2 Å². The molecule has 0 amide bonds. The first-order valence-corrected chi connectivity index (χ1v) is 5.38. The standard InChI is InChI=1S/C10H21N5/c1-10(2,3)13-7-6-11-5-4-9-12-8-14-15-9/h8,11,13H,4-7H2,1-3H3,(H,12,14,15). The Morgan fingerprint density at radius 2 is 2.07 bits per heavy atom. The van der Waals surface area contributed by atoms with Crippen molar-refractivity contribution < 1.29 is 0 Å². The molecule has 0 bridgehead atoms. The maximum absolute atomic E-state index is 4.05. The van der Waals surface area contributed by atoms with Gasteiger partial charge in [0.05, 0.1) is 0 Å². The molecule has 0 aliphatic heterocycles. The van der Waals surface area contributed by atoms with Gasteiger partial charge in [-0.05, 0) is 20.8 Å². The fourth-order valence-corrected chi connectivity index (χ4v) is 1.21. The van der Waals surface area contributed by atoms with Crippen molar-refractivity contribution in [2.24, 2.45) is 0 Å². The van der Waals surface area contributed by atoms with Gasteiger partial charge in [0.1, 0.15) is 12.2 Å². The van der Waals surface area contributed by atoms with Crippen LogP contribution in [0, 0.1) is 0 Å². The van der Waals surface area contributed by atoms with Crippen LogP contribution < -0.4 is 10.6 Å². The number of hydrogen-bond donors (Lipinski definition) is 3. The number of rotatable bonds is 6. The van der Waals surface area contributed by atoms with Crippen LogP contribution in [-0.4, -0.2) is 40.4 Å². The SMILES string of the molecule is CC(C)(C)NCCNCCc1ncn[nH]1. The molecule has 1 rings (SSSR count). The first kappa shape index (κ1) is 12.1. The average Bonchev–Trinajstić information content (AvgIpc) is 2.61. The summed E-state index contributed by atoms with van der Waals surface area (Å²) in [6, 6.07) is 0. The lowest BCUT2D eigenvalue weighted by molar-refractivity contribution is 0.422. The zero-order valence-electron chi connectivity index (χ0n) is 9.80. The molecule has 3 N–H and O–H groups in total. The summed E-state index contributed by atoms with van der Waals surface area (Å²) >= 11 is 0. The van der Waals surface area contributed by atoms with E-state index in [9.17, 15) is 0 Å². The Labute approximate surface area is 91.1 Å². The van der Waals surface area contributed by atoms with Gasteiger partial charge in [-0.3, -0.25) is 5.10 Å². The van der Waals surface area contributed by atoms with Crippen LogP contribution in [0.15, 0.2) is 6.33 Å². The highest BCUT2D eigenvalue weighted by Crippen LogP contribution is 1.96. The van der Waals surface area contributed by atoms with Gasteiger partial charge in [0.2, 0.25) is 0 Å². The molecule has 1 aromatic rings. The Morgan fingerprint density at radius 1 is 1.27 bits per heavy atom. The molecular formula is C10H21N5. The van der Waals surface area contributed by atoms with Crippen LogP contribution in [-0.2, 0) is 6.42 Å². The maximum Gasteiger partial charge on any atom is 0.137 e. The van der Waals surface area contributed by atoms with Crippen molar-refractivity contribution in [3.8, 4) is 0 Å². The van der Waals surface area contributed by atoms with Crippen LogP contribution in [0.5, 0.6) is 0 Å². The quantitative estimate of drug-likeness (QED) is 0.593. The Morgan fingerprint density at radius 3 is 2.67 bits per heavy atom. The molecule has 0 saturated heterocycles. The average molecular weight is 211 g/mol. The monoisotopic (exact) mass is 211 g/mol. The van der Waals surface area contributed by atoms with Crippen molar-refractivity contribution >= 4 is 0 Å². The van der Waals surface area contributed by atoms with Crippen LogP contribution in [0.2, 0.25) is 0 Å². The van der Waals surface area contributed by atoms with E-state index >= 15 is 0 Å². The molecule has 0 saturated carbocycles. The van der Waals surface area contributed by atoms with E-state index in [0.717, 1.165) is 31.9 Å². The lowest BCUT2D eigenvalue weighted by Gasteiger charge is -2.20. The fourth-order valence-electron chi connectivity index (χ4n) is 1.21. The second kappa shape index (κ2) is 5.82. The summed E-state index contributed by atoms with van der Waals surface area (Å²) in [5.41, 5.74) is 0.201. The number of aromatic nitrogens is 3. The minimum Gasteiger partial charge on any atom is -0.315 e. The largest absolute Gasteiger partial charge is 0.315 e. The zero-order valence-corrected chi connectivity index (χ0v) is 9.80. The molecule has 0 spiro atoms. The van der Waals surface area contributed by atoms with Gasteiger partial charge < -0.3 is 10.6 Å². The highest BCUT2D eigenvalue weighted by molar-refractivity contribution is 4.80. The number of aromatic amines is 1. The molecule has 0 fully saturated rings. The molecule has 0 radical (unpaired) electrons. The minimum atomic E-state index is 0.201. The highest BCUT2D eigenvalue weighted by atomic mass is 15.2. The molecule has 86 valence electrons. The summed E-state index contributed by atoms with van der Waals surface area (Å²) in [5.74, 6) is 0.936. The Hall–Kier alpha value is -0.940. The van der Waals surface area contributed by atoms with Crippen LogP contribution in [0.3, 0.4) is 0 Å². The van der Waals surface area contributed by atoms with Crippen LogP contribution in [0.4, 0.5) is 0 Å². The predicted octanol–water partition coefficient (Wildman–Crippen LogP) is 0.325. The summed E-state index contributed by atoms with van der Waals surface area (Å²) in [7, 11) is 0. The molecule has 0 aliphatic carbocycles. The third-order valence-corrected chi connectivity index (χ3v) is 1.96. The highest BCUT2D eigenvalue weighted by Gasteiger charge is 2.06. The molecule has 0 aromatic carbocycles. The molecule has 1 aromatic heterocycles. The van der Waals surface area contributed by atoms with E-state index in [0.29, 0.717) is 0 Å². The van der Waals surface area contributed by atoms with Gasteiger partial charge in [-0.15, -0.1) is 0 Å². The lowest BCUT2D eigenvalue weighted by Crippen LogP contribution is -2.40. The van der Waals surface area contributed by atoms with Crippen LogP contribution in [0.25, 0.3) is 0 Å². The summed E-state index contributed by atoms with van der Waals surface area (Å²) in [6.45, 7) is 9.40. The number of hydrogen-bond acceptors (Lipinski definition) is 4. The molecular weight excluding hydrogens is 190 g/mol. The van der Waals surface area contributed by atoms with Gasteiger partial charge >= 0.3 is 0 Å². The smallest absolute Gasteiger partial charge is 0.137 e. The molecule has 5 nitrogen and oxygen atoms in total. The van der Waals surface area contributed by atoms with Crippen molar-refractivity contribution in [2.45, 2.75) is 32.7 Å². The molecule has 15 heavy (non-hydrogen) atoms. The second-order valence-electron chi connectivity index (χ2n) is 4.61. The van der Waals surface area contributed by atoms with E-state index in [2.05, 4.69) is 46.6 Å². The van der Waals surface area contributed by atoms with E-state index in [1.54, 1.807) is 0 Å². The van der Waals surface area contributed by atoms with Crippen LogP contribution >= 0.6 is 0 Å². The molecule has 0 aliphatic rings. The van der Waals surface area contributed by atoms with E-state index in [4.69, 9.17) is 0 Å². The zero-order chi connectivity index (χ0) is 11.1. The maximum atomic E-state index is 4.05. The lowest BCUT2D eigenvalue weighted by atomic mass is 10.1. The van der Waals surface area contributed by atoms with Gasteiger partial charge in [0, 0.05) is 31.6 Å². The van der Waals surface area contributed by atoms with Crippen molar-refractivity contribution in [1.29, 1.82) is 0 Å². The van der Waals surface area contributed by atoms with E-state index in [1.807, 2.05) is 0 Å². The van der Waals surface area contributed by atoms with Crippen molar-refractivity contribution in [1.82, 2.24) is 25.8 Å². The van der Waals surface area contributed by atoms with E-state index < -0.39 is 0 Å². The predicted molar refractivity (Wildman–Crippen MR) is 60.7 cm³/mol. The summed E-state index contributed by atoms with van der Waals surface area (Å²) in [4.78, 5) is 4.05. The topological polar surface area (TPSA) is 65.6 Å².